The number of aromatic nitrogens is 5. The highest BCUT2D eigenvalue weighted by atomic mass is 19.4. The van der Waals surface area contributed by atoms with Gasteiger partial charge in [0, 0.05) is 11.9 Å². The fourth-order valence-corrected chi connectivity index (χ4v) is 3.71. The lowest BCUT2D eigenvalue weighted by Crippen LogP contribution is -2.38. The van der Waals surface area contributed by atoms with Gasteiger partial charge in [-0.1, -0.05) is 18.2 Å². The molecule has 0 radical (unpaired) electrons. The molecule has 1 aliphatic rings. The van der Waals surface area contributed by atoms with Gasteiger partial charge in [0.2, 0.25) is 17.7 Å². The lowest BCUT2D eigenvalue weighted by atomic mass is 10.1. The number of amides is 1. The van der Waals surface area contributed by atoms with Crippen LogP contribution in [0, 0.1) is 0 Å². The van der Waals surface area contributed by atoms with Gasteiger partial charge in [-0.05, 0) is 43.5 Å². The zero-order valence-corrected chi connectivity index (χ0v) is 16.7. The Hall–Kier alpha value is -3.76. The van der Waals surface area contributed by atoms with Gasteiger partial charge in [0.15, 0.2) is 5.65 Å². The molecular weight excluding hydrogens is 423 g/mol. The maximum absolute atomic E-state index is 13.1. The van der Waals surface area contributed by atoms with Crippen molar-refractivity contribution in [3.8, 4) is 11.5 Å². The van der Waals surface area contributed by atoms with Gasteiger partial charge < -0.3 is 10.6 Å². The first kappa shape index (κ1) is 20.2. The number of fused-ring (bicyclic) bond motifs is 3. The van der Waals surface area contributed by atoms with Crippen molar-refractivity contribution in [3.05, 3.63) is 48.2 Å². The van der Waals surface area contributed by atoms with Gasteiger partial charge in [-0.25, -0.2) is 15.0 Å². The molecule has 0 aliphatic carbocycles. The number of carbonyl (C=O) groups excluding carboxylic acids is 1. The molecule has 32 heavy (non-hydrogen) atoms. The van der Waals surface area contributed by atoms with E-state index in [2.05, 4.69) is 30.7 Å². The zero-order chi connectivity index (χ0) is 22.3. The largest absolute Gasteiger partial charge is 0.433 e. The predicted molar refractivity (Wildman–Crippen MR) is 111 cm³/mol. The Morgan fingerprint density at radius 3 is 2.72 bits per heavy atom. The minimum absolute atomic E-state index is 0.00855. The summed E-state index contributed by atoms with van der Waals surface area (Å²) in [7, 11) is 0. The summed E-state index contributed by atoms with van der Waals surface area (Å²) in [5.74, 6) is 0.180. The molecule has 8 nitrogen and oxygen atoms in total. The van der Waals surface area contributed by atoms with E-state index in [0.717, 1.165) is 18.9 Å². The normalized spacial score (nSPS) is 17.3. The number of hydrogen-bond donors (Lipinski definition) is 2. The molecule has 1 aliphatic heterocycles. The van der Waals surface area contributed by atoms with Crippen LogP contribution in [0.25, 0.3) is 28.1 Å². The van der Waals surface area contributed by atoms with E-state index in [1.807, 2.05) is 12.1 Å². The molecule has 1 saturated heterocycles. The summed E-state index contributed by atoms with van der Waals surface area (Å²) in [6.45, 7) is 0.617. The first-order chi connectivity index (χ1) is 15.4. The van der Waals surface area contributed by atoms with Crippen molar-refractivity contribution in [3.63, 3.8) is 0 Å². The summed E-state index contributed by atoms with van der Waals surface area (Å²) >= 11 is 0. The first-order valence-corrected chi connectivity index (χ1v) is 10.1. The van der Waals surface area contributed by atoms with Crippen LogP contribution in [0.5, 0.6) is 0 Å². The second-order valence-corrected chi connectivity index (χ2v) is 7.51. The highest BCUT2D eigenvalue weighted by molar-refractivity contribution is 5.93. The van der Waals surface area contributed by atoms with Crippen molar-refractivity contribution < 1.29 is 18.0 Å². The molecule has 0 saturated carbocycles. The Labute approximate surface area is 179 Å². The van der Waals surface area contributed by atoms with E-state index < -0.39 is 17.9 Å². The molecule has 0 spiro atoms. The third-order valence-electron chi connectivity index (χ3n) is 5.29. The molecule has 1 atom stereocenters. The second kappa shape index (κ2) is 7.74. The quantitative estimate of drug-likeness (QED) is 0.506. The number of para-hydroxylation sites is 1. The summed E-state index contributed by atoms with van der Waals surface area (Å²) < 4.78 is 40.8. The number of benzene rings is 1. The summed E-state index contributed by atoms with van der Waals surface area (Å²) in [6.07, 6.45) is -2.20. The van der Waals surface area contributed by atoms with Crippen molar-refractivity contribution in [2.24, 2.45) is 0 Å². The maximum atomic E-state index is 13.1. The molecule has 1 amide bonds. The summed E-state index contributed by atoms with van der Waals surface area (Å²) in [4.78, 5) is 25.2. The average molecular weight is 441 g/mol. The average Bonchev–Trinajstić information content (AvgIpc) is 3.14. The molecule has 2 N–H and O–H groups in total. The monoisotopic (exact) mass is 441 g/mol. The summed E-state index contributed by atoms with van der Waals surface area (Å²) in [5, 5.41) is 11.1. The lowest BCUT2D eigenvalue weighted by molar-refractivity contribution is -0.141. The predicted octanol–water partition coefficient (Wildman–Crippen LogP) is 3.44. The molecule has 11 heteroatoms. The molecular formula is C21H18F3N7O. The van der Waals surface area contributed by atoms with E-state index in [0.29, 0.717) is 29.5 Å². The van der Waals surface area contributed by atoms with Gasteiger partial charge in [0.1, 0.15) is 17.4 Å². The van der Waals surface area contributed by atoms with E-state index in [4.69, 9.17) is 0 Å². The number of pyridine rings is 1. The van der Waals surface area contributed by atoms with Crippen LogP contribution >= 0.6 is 0 Å². The Bertz CT molecular complexity index is 1320. The molecule has 164 valence electrons. The maximum Gasteiger partial charge on any atom is 0.433 e. The van der Waals surface area contributed by atoms with Crippen molar-refractivity contribution in [1.29, 1.82) is 0 Å². The van der Waals surface area contributed by atoms with Crippen molar-refractivity contribution in [1.82, 2.24) is 29.9 Å². The Morgan fingerprint density at radius 1 is 1.03 bits per heavy atom. The topological polar surface area (TPSA) is 97.1 Å². The lowest BCUT2D eigenvalue weighted by Gasteiger charge is -2.16. The minimum Gasteiger partial charge on any atom is -0.354 e. The van der Waals surface area contributed by atoms with Crippen LogP contribution in [-0.2, 0) is 11.0 Å². The third kappa shape index (κ3) is 3.70. The molecule has 0 bridgehead atoms. The van der Waals surface area contributed by atoms with Crippen LogP contribution in [0.4, 0.5) is 19.1 Å². The number of nitrogens with zero attached hydrogens (tertiary/aromatic N) is 5. The summed E-state index contributed by atoms with van der Waals surface area (Å²) in [5.41, 5.74) is -0.00935. The van der Waals surface area contributed by atoms with Crippen LogP contribution in [0.2, 0.25) is 0 Å². The van der Waals surface area contributed by atoms with Crippen molar-refractivity contribution in [2.75, 3.05) is 11.9 Å². The van der Waals surface area contributed by atoms with Crippen LogP contribution in [0.1, 0.15) is 25.0 Å². The highest BCUT2D eigenvalue weighted by Gasteiger charge is 2.33. The number of rotatable bonds is 3. The second-order valence-electron chi connectivity index (χ2n) is 7.51. The standard InChI is InChI=1S/C21H18F3N7O/c22-21(23,24)16-10-5-9-14(26-16)17-29-18-12-6-1-2-7-13(12)27-20(31(18)30-17)28-15-8-3-4-11-25-19(15)32/h1-2,5-7,9-10,15H,3-4,8,11H2,(H,25,32)(H,27,28)/t15-/m1/s1. The first-order valence-electron chi connectivity index (χ1n) is 10.1. The molecule has 1 aromatic carbocycles. The van der Waals surface area contributed by atoms with E-state index in [-0.39, 0.29) is 23.4 Å². The van der Waals surface area contributed by atoms with E-state index >= 15 is 0 Å². The highest BCUT2D eigenvalue weighted by Crippen LogP contribution is 2.30. The van der Waals surface area contributed by atoms with Crippen LogP contribution < -0.4 is 10.6 Å². The van der Waals surface area contributed by atoms with Gasteiger partial charge >= 0.3 is 6.18 Å². The van der Waals surface area contributed by atoms with Crippen molar-refractivity contribution in [2.45, 2.75) is 31.5 Å². The van der Waals surface area contributed by atoms with E-state index in [1.165, 1.54) is 16.6 Å². The van der Waals surface area contributed by atoms with E-state index in [1.54, 1.807) is 12.1 Å². The van der Waals surface area contributed by atoms with Gasteiger partial charge in [0.05, 0.1) is 5.52 Å². The van der Waals surface area contributed by atoms with Gasteiger partial charge in [-0.3, -0.25) is 4.79 Å². The zero-order valence-electron chi connectivity index (χ0n) is 16.7. The number of nitrogens with one attached hydrogen (secondary N) is 2. The number of carbonyl (C=O) groups is 1. The molecule has 4 aromatic rings. The number of anilines is 1. The Morgan fingerprint density at radius 2 is 1.88 bits per heavy atom. The molecule has 0 unspecified atom stereocenters. The SMILES string of the molecule is O=C1NCCCC[C@H]1Nc1nc2ccccc2c2nc(-c3cccc(C(F)(F)F)n3)nn12. The molecule has 1 fully saturated rings. The number of halogens is 3. The van der Waals surface area contributed by atoms with E-state index in [9.17, 15) is 18.0 Å². The van der Waals surface area contributed by atoms with Gasteiger partial charge in [-0.2, -0.15) is 17.7 Å². The fourth-order valence-electron chi connectivity index (χ4n) is 3.71. The minimum atomic E-state index is -4.58. The molecule has 3 aromatic heterocycles. The Kier molecular flexibility index (Phi) is 4.87. The van der Waals surface area contributed by atoms with Gasteiger partial charge in [0.25, 0.3) is 0 Å². The summed E-state index contributed by atoms with van der Waals surface area (Å²) in [6, 6.07) is 10.3. The number of alkyl halides is 3. The van der Waals surface area contributed by atoms with Crippen LogP contribution in [-0.4, -0.2) is 43.1 Å². The molecule has 5 rings (SSSR count). The van der Waals surface area contributed by atoms with Gasteiger partial charge in [-0.15, -0.1) is 5.10 Å². The smallest absolute Gasteiger partial charge is 0.354 e. The molecule has 4 heterocycles. The third-order valence-corrected chi connectivity index (χ3v) is 5.29. The van der Waals surface area contributed by atoms with Crippen LogP contribution in [0.3, 0.4) is 0 Å². The van der Waals surface area contributed by atoms with Crippen LogP contribution in [0.15, 0.2) is 42.5 Å². The number of hydrogen-bond acceptors (Lipinski definition) is 6. The fraction of sp³-hybridized carbons (Fsp3) is 0.286. The van der Waals surface area contributed by atoms with Crippen molar-refractivity contribution >= 4 is 28.4 Å². The Balaban J connectivity index is 1.65.